The molecule has 0 bridgehead atoms. The fourth-order valence-corrected chi connectivity index (χ4v) is 4.60. The number of fused-ring (bicyclic) bond motifs is 1. The second-order valence-corrected chi connectivity index (χ2v) is 7.84. The summed E-state index contributed by atoms with van der Waals surface area (Å²) in [6.07, 6.45) is 4.39. The zero-order valence-electron chi connectivity index (χ0n) is 15.0. The Hall–Kier alpha value is -2.59. The van der Waals surface area contributed by atoms with Crippen LogP contribution >= 0.6 is 11.8 Å². The summed E-state index contributed by atoms with van der Waals surface area (Å²) >= 11 is 1.67. The van der Waals surface area contributed by atoms with Crippen LogP contribution in [-0.4, -0.2) is 10.8 Å². The molecule has 0 aliphatic heterocycles. The number of aromatic nitrogens is 1. The van der Waals surface area contributed by atoms with Gasteiger partial charge in [0.2, 0.25) is 5.56 Å². The molecule has 3 aromatic rings. The Morgan fingerprint density at radius 2 is 1.63 bits per heavy atom. The molecule has 4 heteroatoms. The number of benzene rings is 2. The molecule has 136 valence electrons. The zero-order chi connectivity index (χ0) is 18.6. The molecular formula is C23H21NO2S. The number of hydrogen-bond donors (Lipinski definition) is 1. The van der Waals surface area contributed by atoms with Crippen molar-refractivity contribution in [3.8, 4) is 0 Å². The number of hydrogen-bond acceptors (Lipinski definition) is 3. The van der Waals surface area contributed by atoms with Crippen molar-refractivity contribution < 1.29 is 4.79 Å². The Labute approximate surface area is 162 Å². The quantitative estimate of drug-likeness (QED) is 0.516. The standard InChI is InChI=1S/C23H21NO2S/c25-21-14-19-8-4-5-9-20(19)23(24-21)27-15-16-10-12-18(13-11-16)22(26)17-6-2-1-3-7-17/h1-3,6-7,10-14H,4-5,8-9,15H2,(H,24,25). The van der Waals surface area contributed by atoms with Gasteiger partial charge in [-0.2, -0.15) is 0 Å². The minimum absolute atomic E-state index is 0.0121. The van der Waals surface area contributed by atoms with Gasteiger partial charge in [0.05, 0.1) is 5.03 Å². The highest BCUT2D eigenvalue weighted by Gasteiger charge is 2.15. The minimum Gasteiger partial charge on any atom is -0.317 e. The molecular weight excluding hydrogens is 354 g/mol. The van der Waals surface area contributed by atoms with Crippen LogP contribution in [0.5, 0.6) is 0 Å². The lowest BCUT2D eigenvalue weighted by molar-refractivity contribution is 0.103. The summed E-state index contributed by atoms with van der Waals surface area (Å²) in [5.74, 6) is 0.808. The number of pyridine rings is 1. The van der Waals surface area contributed by atoms with Gasteiger partial charge in [0, 0.05) is 22.9 Å². The van der Waals surface area contributed by atoms with Crippen molar-refractivity contribution >= 4 is 17.5 Å². The summed E-state index contributed by atoms with van der Waals surface area (Å²) in [6.45, 7) is 0. The molecule has 1 aromatic heterocycles. The fraction of sp³-hybridized carbons (Fsp3) is 0.217. The van der Waals surface area contributed by atoms with Crippen molar-refractivity contribution in [2.75, 3.05) is 0 Å². The van der Waals surface area contributed by atoms with Gasteiger partial charge in [-0.3, -0.25) is 9.59 Å². The van der Waals surface area contributed by atoms with Crippen molar-refractivity contribution in [1.82, 2.24) is 4.98 Å². The Morgan fingerprint density at radius 3 is 2.41 bits per heavy atom. The number of carbonyl (C=O) groups is 1. The molecule has 4 rings (SSSR count). The van der Waals surface area contributed by atoms with E-state index in [-0.39, 0.29) is 11.3 Å². The highest BCUT2D eigenvalue weighted by molar-refractivity contribution is 7.98. The van der Waals surface area contributed by atoms with Gasteiger partial charge < -0.3 is 4.98 Å². The predicted octanol–water partition coefficient (Wildman–Crippen LogP) is 4.78. The second kappa shape index (κ2) is 7.97. The van der Waals surface area contributed by atoms with Gasteiger partial charge in [-0.15, -0.1) is 11.8 Å². The van der Waals surface area contributed by atoms with E-state index in [1.165, 1.54) is 17.5 Å². The maximum Gasteiger partial charge on any atom is 0.249 e. The maximum absolute atomic E-state index is 12.5. The number of aryl methyl sites for hydroxylation is 1. The van der Waals surface area contributed by atoms with E-state index in [4.69, 9.17) is 0 Å². The third-order valence-corrected chi connectivity index (χ3v) is 6.08. The van der Waals surface area contributed by atoms with E-state index in [1.54, 1.807) is 17.8 Å². The van der Waals surface area contributed by atoms with Crippen LogP contribution in [0.3, 0.4) is 0 Å². The van der Waals surface area contributed by atoms with E-state index in [9.17, 15) is 9.59 Å². The number of aromatic amines is 1. The smallest absolute Gasteiger partial charge is 0.249 e. The van der Waals surface area contributed by atoms with Crippen LogP contribution in [0, 0.1) is 0 Å². The van der Waals surface area contributed by atoms with Crippen LogP contribution in [0.2, 0.25) is 0 Å². The molecule has 1 aliphatic rings. The van der Waals surface area contributed by atoms with Crippen LogP contribution in [0.4, 0.5) is 0 Å². The van der Waals surface area contributed by atoms with E-state index < -0.39 is 0 Å². The Balaban J connectivity index is 1.48. The molecule has 0 saturated heterocycles. The van der Waals surface area contributed by atoms with E-state index in [0.29, 0.717) is 11.1 Å². The van der Waals surface area contributed by atoms with Crippen molar-refractivity contribution in [2.24, 2.45) is 0 Å². The van der Waals surface area contributed by atoms with E-state index in [2.05, 4.69) is 4.98 Å². The van der Waals surface area contributed by atoms with Gasteiger partial charge in [0.15, 0.2) is 5.78 Å². The van der Waals surface area contributed by atoms with Crippen LogP contribution in [0.25, 0.3) is 0 Å². The summed E-state index contributed by atoms with van der Waals surface area (Å²) in [7, 11) is 0. The highest BCUT2D eigenvalue weighted by atomic mass is 32.2. The Bertz CT molecular complexity index is 1010. The van der Waals surface area contributed by atoms with Gasteiger partial charge in [0.25, 0.3) is 0 Å². The molecule has 0 radical (unpaired) electrons. The minimum atomic E-state index is -0.0121. The topological polar surface area (TPSA) is 49.9 Å². The molecule has 0 spiro atoms. The summed E-state index contributed by atoms with van der Waals surface area (Å²) in [4.78, 5) is 27.4. The molecule has 2 aromatic carbocycles. The SMILES string of the molecule is O=C(c1ccccc1)c1ccc(CSc2[nH]c(=O)cc3c2CCCC3)cc1. The number of carbonyl (C=O) groups excluding carboxylic acids is 1. The van der Waals surface area contributed by atoms with Crippen molar-refractivity contribution in [3.63, 3.8) is 0 Å². The molecule has 1 N–H and O–H groups in total. The molecule has 1 aliphatic carbocycles. The molecule has 3 nitrogen and oxygen atoms in total. The Kier molecular flexibility index (Phi) is 5.26. The van der Waals surface area contributed by atoms with E-state index >= 15 is 0 Å². The van der Waals surface area contributed by atoms with Crippen LogP contribution < -0.4 is 5.56 Å². The lowest BCUT2D eigenvalue weighted by Gasteiger charge is -2.18. The van der Waals surface area contributed by atoms with Gasteiger partial charge in [-0.25, -0.2) is 0 Å². The van der Waals surface area contributed by atoms with Crippen LogP contribution in [0.15, 0.2) is 70.5 Å². The lowest BCUT2D eigenvalue weighted by Crippen LogP contribution is -2.14. The van der Waals surface area contributed by atoms with Crippen molar-refractivity contribution in [3.05, 3.63) is 98.8 Å². The number of nitrogens with one attached hydrogen (secondary N) is 1. The summed E-state index contributed by atoms with van der Waals surface area (Å²) in [5.41, 5.74) is 5.03. The average molecular weight is 375 g/mol. The number of H-pyrrole nitrogens is 1. The molecule has 0 amide bonds. The molecule has 1 heterocycles. The number of thioether (sulfide) groups is 1. The molecule has 0 unspecified atom stereocenters. The Morgan fingerprint density at radius 1 is 0.926 bits per heavy atom. The van der Waals surface area contributed by atoms with Crippen molar-refractivity contribution in [1.29, 1.82) is 0 Å². The first-order valence-electron chi connectivity index (χ1n) is 9.27. The van der Waals surface area contributed by atoms with E-state index in [0.717, 1.165) is 35.6 Å². The lowest BCUT2D eigenvalue weighted by atomic mass is 9.93. The van der Waals surface area contributed by atoms with Gasteiger partial charge in [-0.05, 0) is 42.4 Å². The molecule has 0 fully saturated rings. The number of rotatable bonds is 5. The summed E-state index contributed by atoms with van der Waals surface area (Å²) < 4.78 is 0. The normalized spacial score (nSPS) is 13.2. The number of ketones is 1. The fourth-order valence-electron chi connectivity index (χ4n) is 3.52. The van der Waals surface area contributed by atoms with Crippen LogP contribution in [0.1, 0.15) is 45.5 Å². The van der Waals surface area contributed by atoms with Gasteiger partial charge in [0.1, 0.15) is 0 Å². The average Bonchev–Trinajstić information content (AvgIpc) is 2.72. The molecule has 0 atom stereocenters. The molecule has 27 heavy (non-hydrogen) atoms. The maximum atomic E-state index is 12.5. The van der Waals surface area contributed by atoms with Crippen molar-refractivity contribution in [2.45, 2.75) is 36.5 Å². The third-order valence-electron chi connectivity index (χ3n) is 4.96. The summed E-state index contributed by atoms with van der Waals surface area (Å²) in [5, 5.41) is 1.00. The predicted molar refractivity (Wildman–Crippen MR) is 110 cm³/mol. The summed E-state index contributed by atoms with van der Waals surface area (Å²) in [6, 6.07) is 18.8. The highest BCUT2D eigenvalue weighted by Crippen LogP contribution is 2.30. The molecule has 0 saturated carbocycles. The second-order valence-electron chi connectivity index (χ2n) is 6.85. The van der Waals surface area contributed by atoms with Gasteiger partial charge >= 0.3 is 0 Å². The van der Waals surface area contributed by atoms with E-state index in [1.807, 2.05) is 54.6 Å². The zero-order valence-corrected chi connectivity index (χ0v) is 15.9. The van der Waals surface area contributed by atoms with Gasteiger partial charge in [-0.1, -0.05) is 54.6 Å². The monoisotopic (exact) mass is 375 g/mol. The first kappa shape index (κ1) is 17.8. The largest absolute Gasteiger partial charge is 0.317 e. The van der Waals surface area contributed by atoms with Crippen LogP contribution in [-0.2, 0) is 18.6 Å². The third kappa shape index (κ3) is 4.06. The first-order chi connectivity index (χ1) is 13.2. The first-order valence-corrected chi connectivity index (χ1v) is 10.3.